The summed E-state index contributed by atoms with van der Waals surface area (Å²) in [5.74, 6) is -0.479. The molecule has 0 atom stereocenters. The number of hydrogen-bond acceptors (Lipinski definition) is 6. The van der Waals surface area contributed by atoms with E-state index in [1.54, 1.807) is 0 Å². The van der Waals surface area contributed by atoms with Gasteiger partial charge in [-0.1, -0.05) is 0 Å². The number of carbonyl (C=O) groups is 2. The van der Waals surface area contributed by atoms with Crippen molar-refractivity contribution in [3.63, 3.8) is 0 Å². The molecule has 8 nitrogen and oxygen atoms in total. The molecule has 0 spiro atoms. The van der Waals surface area contributed by atoms with Crippen molar-refractivity contribution >= 4 is 11.8 Å². The van der Waals surface area contributed by atoms with E-state index in [1.165, 1.54) is 0 Å². The van der Waals surface area contributed by atoms with Gasteiger partial charge in [0.15, 0.2) is 0 Å². The molecule has 6 N–H and O–H groups in total. The highest BCUT2D eigenvalue weighted by molar-refractivity contribution is 5.74. The van der Waals surface area contributed by atoms with Crippen molar-refractivity contribution in [2.24, 2.45) is 11.5 Å². The summed E-state index contributed by atoms with van der Waals surface area (Å²) in [4.78, 5) is 26.5. The maximum absolute atomic E-state index is 11.0. The van der Waals surface area contributed by atoms with Crippen LogP contribution in [-0.2, 0) is 9.59 Å². The highest BCUT2D eigenvalue weighted by Crippen LogP contribution is 1.96. The van der Waals surface area contributed by atoms with Crippen LogP contribution in [0.25, 0.3) is 0 Å². The minimum absolute atomic E-state index is 0.239. The summed E-state index contributed by atoms with van der Waals surface area (Å²) in [6, 6.07) is 0. The molecule has 24 heavy (non-hydrogen) atoms. The van der Waals surface area contributed by atoms with E-state index >= 15 is 0 Å². The van der Waals surface area contributed by atoms with Crippen molar-refractivity contribution in [2.45, 2.75) is 25.7 Å². The van der Waals surface area contributed by atoms with Gasteiger partial charge in [0.05, 0.1) is 0 Å². The van der Waals surface area contributed by atoms with Crippen LogP contribution in [0.2, 0.25) is 0 Å². The first-order chi connectivity index (χ1) is 11.6. The monoisotopic (exact) mass is 342 g/mol. The lowest BCUT2D eigenvalue weighted by Gasteiger charge is -2.25. The average molecular weight is 342 g/mol. The van der Waals surface area contributed by atoms with Crippen LogP contribution in [-0.4, -0.2) is 87.1 Å². The standard InChI is InChI=1S/C16H34N6O2/c17-15(23)3-11-21-9-1-5-19-7-14-22(12-4-16(18)24)10-2-6-20-8-13-21/h19-20H,1-14H2,(H2,17,23)(H2,18,24). The van der Waals surface area contributed by atoms with E-state index in [9.17, 15) is 9.59 Å². The Kier molecular flexibility index (Phi) is 11.4. The molecular weight excluding hydrogens is 308 g/mol. The molecule has 2 amide bonds. The van der Waals surface area contributed by atoms with Gasteiger partial charge in [-0.3, -0.25) is 9.59 Å². The average Bonchev–Trinajstić information content (AvgIpc) is 2.53. The summed E-state index contributed by atoms with van der Waals surface area (Å²) in [6.45, 7) is 8.98. The van der Waals surface area contributed by atoms with Crippen molar-refractivity contribution in [1.29, 1.82) is 0 Å². The van der Waals surface area contributed by atoms with E-state index in [-0.39, 0.29) is 11.8 Å². The molecule has 140 valence electrons. The summed E-state index contributed by atoms with van der Waals surface area (Å²) in [5.41, 5.74) is 10.5. The van der Waals surface area contributed by atoms with Crippen LogP contribution < -0.4 is 22.1 Å². The van der Waals surface area contributed by atoms with Gasteiger partial charge in [0.2, 0.25) is 11.8 Å². The molecular formula is C16H34N6O2. The summed E-state index contributed by atoms with van der Waals surface area (Å²) in [5, 5.41) is 6.90. The highest BCUT2D eigenvalue weighted by atomic mass is 16.1. The first-order valence-corrected chi connectivity index (χ1v) is 9.00. The zero-order valence-corrected chi connectivity index (χ0v) is 14.8. The lowest BCUT2D eigenvalue weighted by Crippen LogP contribution is -2.39. The third kappa shape index (κ3) is 11.3. The second kappa shape index (κ2) is 13.1. The molecule has 0 aliphatic carbocycles. The molecule has 0 bridgehead atoms. The minimum atomic E-state index is -0.239. The zero-order chi connectivity index (χ0) is 17.6. The molecule has 0 aromatic heterocycles. The Morgan fingerprint density at radius 1 is 0.708 bits per heavy atom. The second-order valence-corrected chi connectivity index (χ2v) is 6.32. The maximum Gasteiger partial charge on any atom is 0.218 e. The van der Waals surface area contributed by atoms with Crippen molar-refractivity contribution in [3.8, 4) is 0 Å². The number of nitrogens with two attached hydrogens (primary N) is 2. The predicted molar refractivity (Wildman–Crippen MR) is 95.5 cm³/mol. The van der Waals surface area contributed by atoms with E-state index in [4.69, 9.17) is 11.5 Å². The third-order valence-electron chi connectivity index (χ3n) is 4.21. The third-order valence-corrected chi connectivity index (χ3v) is 4.21. The number of nitrogens with one attached hydrogen (secondary N) is 2. The van der Waals surface area contributed by atoms with Gasteiger partial charge >= 0.3 is 0 Å². The molecule has 8 heteroatoms. The van der Waals surface area contributed by atoms with E-state index in [0.717, 1.165) is 78.3 Å². The zero-order valence-electron chi connectivity index (χ0n) is 14.8. The van der Waals surface area contributed by atoms with E-state index < -0.39 is 0 Å². The van der Waals surface area contributed by atoms with Crippen molar-refractivity contribution in [3.05, 3.63) is 0 Å². The number of carbonyl (C=O) groups excluding carboxylic acids is 2. The molecule has 0 radical (unpaired) electrons. The normalized spacial score (nSPS) is 20.3. The molecule has 1 aliphatic rings. The topological polar surface area (TPSA) is 117 Å². The Hall–Kier alpha value is -1.22. The molecule has 0 saturated carbocycles. The molecule has 0 aromatic rings. The van der Waals surface area contributed by atoms with Crippen LogP contribution in [0.4, 0.5) is 0 Å². The number of primary amides is 2. The number of rotatable bonds is 6. The fourth-order valence-electron chi connectivity index (χ4n) is 2.79. The van der Waals surface area contributed by atoms with Gasteiger partial charge in [-0.25, -0.2) is 0 Å². The molecule has 1 saturated heterocycles. The van der Waals surface area contributed by atoms with Gasteiger partial charge in [-0.2, -0.15) is 0 Å². The highest BCUT2D eigenvalue weighted by Gasteiger charge is 2.09. The fourth-order valence-corrected chi connectivity index (χ4v) is 2.79. The largest absolute Gasteiger partial charge is 0.370 e. The summed E-state index contributed by atoms with van der Waals surface area (Å²) in [7, 11) is 0. The maximum atomic E-state index is 11.0. The van der Waals surface area contributed by atoms with Gasteiger partial charge in [-0.15, -0.1) is 0 Å². The Bertz CT molecular complexity index is 316. The predicted octanol–water partition coefficient (Wildman–Crippen LogP) is -1.69. The van der Waals surface area contributed by atoms with Crippen LogP contribution in [0.15, 0.2) is 0 Å². The summed E-state index contributed by atoms with van der Waals surface area (Å²) >= 11 is 0. The minimum Gasteiger partial charge on any atom is -0.370 e. The number of amides is 2. The molecule has 0 unspecified atom stereocenters. The fraction of sp³-hybridized carbons (Fsp3) is 0.875. The van der Waals surface area contributed by atoms with E-state index in [2.05, 4.69) is 20.4 Å². The molecule has 1 fully saturated rings. The Balaban J connectivity index is 2.35. The van der Waals surface area contributed by atoms with E-state index in [0.29, 0.717) is 12.8 Å². The molecule has 1 heterocycles. The summed E-state index contributed by atoms with van der Waals surface area (Å²) in [6.07, 6.45) is 2.92. The van der Waals surface area contributed by atoms with Crippen molar-refractivity contribution in [2.75, 3.05) is 65.4 Å². The van der Waals surface area contributed by atoms with Crippen molar-refractivity contribution < 1.29 is 9.59 Å². The van der Waals surface area contributed by atoms with Gasteiger partial charge in [-0.05, 0) is 39.0 Å². The Morgan fingerprint density at radius 3 is 1.50 bits per heavy atom. The summed E-state index contributed by atoms with van der Waals surface area (Å²) < 4.78 is 0. The van der Waals surface area contributed by atoms with Crippen LogP contribution in [0.5, 0.6) is 0 Å². The quantitative estimate of drug-likeness (QED) is 0.458. The molecule has 1 rings (SSSR count). The van der Waals surface area contributed by atoms with Gasteiger partial charge in [0, 0.05) is 52.1 Å². The lowest BCUT2D eigenvalue weighted by atomic mass is 10.3. The number of hydrogen-bond donors (Lipinski definition) is 4. The Morgan fingerprint density at radius 2 is 1.12 bits per heavy atom. The van der Waals surface area contributed by atoms with Crippen LogP contribution in [0, 0.1) is 0 Å². The van der Waals surface area contributed by atoms with Crippen LogP contribution in [0.1, 0.15) is 25.7 Å². The smallest absolute Gasteiger partial charge is 0.218 e. The molecule has 1 aliphatic heterocycles. The van der Waals surface area contributed by atoms with Crippen molar-refractivity contribution in [1.82, 2.24) is 20.4 Å². The number of nitrogens with zero attached hydrogens (tertiary/aromatic N) is 2. The second-order valence-electron chi connectivity index (χ2n) is 6.32. The van der Waals surface area contributed by atoms with Crippen LogP contribution in [0.3, 0.4) is 0 Å². The first kappa shape index (κ1) is 20.8. The van der Waals surface area contributed by atoms with Gasteiger partial charge in [0.1, 0.15) is 0 Å². The Labute approximate surface area is 145 Å². The van der Waals surface area contributed by atoms with Crippen LogP contribution >= 0.6 is 0 Å². The molecule has 0 aromatic carbocycles. The lowest BCUT2D eigenvalue weighted by molar-refractivity contribution is -0.119. The van der Waals surface area contributed by atoms with E-state index in [1.807, 2.05) is 0 Å². The first-order valence-electron chi connectivity index (χ1n) is 9.00. The van der Waals surface area contributed by atoms with Gasteiger partial charge in [0.25, 0.3) is 0 Å². The van der Waals surface area contributed by atoms with Gasteiger partial charge < -0.3 is 31.9 Å². The SMILES string of the molecule is NC(=O)CCN1CCCNCCN(CCC(N)=O)CCCNCC1.